The summed E-state index contributed by atoms with van der Waals surface area (Å²) in [4.78, 5) is 4.60. The van der Waals surface area contributed by atoms with Crippen molar-refractivity contribution in [1.82, 2.24) is 30.1 Å². The van der Waals surface area contributed by atoms with E-state index >= 15 is 0 Å². The Morgan fingerprint density at radius 3 is 2.67 bits per heavy atom. The molecule has 0 amide bonds. The maximum atomic E-state index is 6.18. The fraction of sp³-hybridized carbons (Fsp3) is 0.231. The SMILES string of the molecule is Cc1cn2nc(-c3ccc4cc(C5CCNCC5)nnc4c3)cc(Oc3ccccc3)c2n1. The number of imidazole rings is 1. The molecule has 0 aliphatic carbocycles. The molecule has 6 rings (SSSR count). The van der Waals surface area contributed by atoms with Gasteiger partial charge in [0.05, 0.1) is 28.8 Å². The zero-order valence-corrected chi connectivity index (χ0v) is 18.4. The van der Waals surface area contributed by atoms with Crippen LogP contribution in [0, 0.1) is 6.92 Å². The first-order valence-corrected chi connectivity index (χ1v) is 11.3. The lowest BCUT2D eigenvalue weighted by Gasteiger charge is -2.21. The molecule has 3 aromatic heterocycles. The van der Waals surface area contributed by atoms with E-state index in [4.69, 9.17) is 9.84 Å². The highest BCUT2D eigenvalue weighted by molar-refractivity contribution is 5.84. The van der Waals surface area contributed by atoms with Gasteiger partial charge in [0.15, 0.2) is 11.4 Å². The molecule has 4 heterocycles. The third-order valence-electron chi connectivity index (χ3n) is 6.14. The minimum Gasteiger partial charge on any atom is -0.453 e. The van der Waals surface area contributed by atoms with Crippen LogP contribution in [0.4, 0.5) is 0 Å². The van der Waals surface area contributed by atoms with Crippen LogP contribution in [-0.2, 0) is 0 Å². The first-order chi connectivity index (χ1) is 16.2. The largest absolute Gasteiger partial charge is 0.453 e. The molecule has 1 saturated heterocycles. The van der Waals surface area contributed by atoms with Crippen molar-refractivity contribution in [2.45, 2.75) is 25.7 Å². The summed E-state index contributed by atoms with van der Waals surface area (Å²) in [5.74, 6) is 1.90. The van der Waals surface area contributed by atoms with Gasteiger partial charge in [-0.05, 0) is 57.1 Å². The summed E-state index contributed by atoms with van der Waals surface area (Å²) in [5.41, 5.74) is 5.26. The molecule has 0 atom stereocenters. The maximum absolute atomic E-state index is 6.18. The summed E-state index contributed by atoms with van der Waals surface area (Å²) in [6, 6.07) is 20.1. The molecule has 1 aliphatic heterocycles. The Balaban J connectivity index is 1.39. The van der Waals surface area contributed by atoms with Crippen LogP contribution in [0.3, 0.4) is 0 Å². The van der Waals surface area contributed by atoms with Crippen LogP contribution in [0.5, 0.6) is 11.5 Å². The summed E-state index contributed by atoms with van der Waals surface area (Å²) in [7, 11) is 0. The first kappa shape index (κ1) is 19.8. The second-order valence-electron chi connectivity index (χ2n) is 8.53. The summed E-state index contributed by atoms with van der Waals surface area (Å²) in [6.45, 7) is 4.03. The van der Waals surface area contributed by atoms with E-state index in [1.54, 1.807) is 4.52 Å². The van der Waals surface area contributed by atoms with Crippen LogP contribution in [0.25, 0.3) is 27.8 Å². The average molecular weight is 437 g/mol. The highest BCUT2D eigenvalue weighted by Gasteiger charge is 2.18. The Hall–Kier alpha value is -3.84. The number of nitrogens with one attached hydrogen (secondary N) is 1. The van der Waals surface area contributed by atoms with E-state index in [0.717, 1.165) is 65.2 Å². The molecule has 0 spiro atoms. The van der Waals surface area contributed by atoms with Crippen molar-refractivity contribution >= 4 is 16.6 Å². The number of rotatable bonds is 4. The van der Waals surface area contributed by atoms with Gasteiger partial charge in [-0.2, -0.15) is 15.3 Å². The van der Waals surface area contributed by atoms with Gasteiger partial charge in [-0.3, -0.25) is 0 Å². The molecular formula is C26H24N6O. The Bertz CT molecular complexity index is 1440. The Morgan fingerprint density at radius 2 is 1.82 bits per heavy atom. The molecule has 7 heteroatoms. The third kappa shape index (κ3) is 3.91. The van der Waals surface area contributed by atoms with Crippen molar-refractivity contribution in [3.63, 3.8) is 0 Å². The van der Waals surface area contributed by atoms with Crippen molar-refractivity contribution in [1.29, 1.82) is 0 Å². The van der Waals surface area contributed by atoms with E-state index in [1.165, 1.54) is 0 Å². The molecule has 1 fully saturated rings. The quantitative estimate of drug-likeness (QED) is 0.431. The summed E-state index contributed by atoms with van der Waals surface area (Å²) in [6.07, 6.45) is 4.12. The highest BCUT2D eigenvalue weighted by atomic mass is 16.5. The highest BCUT2D eigenvalue weighted by Crippen LogP contribution is 2.31. The first-order valence-electron chi connectivity index (χ1n) is 11.3. The Labute approximate surface area is 191 Å². The minimum atomic E-state index is 0.481. The number of nitrogens with zero attached hydrogens (tertiary/aromatic N) is 5. The van der Waals surface area contributed by atoms with Crippen LogP contribution in [0.1, 0.15) is 30.1 Å². The van der Waals surface area contributed by atoms with Gasteiger partial charge in [0.1, 0.15) is 5.75 Å². The fourth-order valence-electron chi connectivity index (χ4n) is 4.42. The van der Waals surface area contributed by atoms with Gasteiger partial charge >= 0.3 is 0 Å². The van der Waals surface area contributed by atoms with Gasteiger partial charge < -0.3 is 10.1 Å². The van der Waals surface area contributed by atoms with Gasteiger partial charge in [0, 0.05) is 22.9 Å². The van der Waals surface area contributed by atoms with Crippen LogP contribution in [-0.4, -0.2) is 37.9 Å². The third-order valence-corrected chi connectivity index (χ3v) is 6.14. The van der Waals surface area contributed by atoms with E-state index in [-0.39, 0.29) is 0 Å². The van der Waals surface area contributed by atoms with Crippen molar-refractivity contribution in [2.24, 2.45) is 0 Å². The summed E-state index contributed by atoms with van der Waals surface area (Å²) >= 11 is 0. The number of aromatic nitrogens is 5. The Kier molecular flexibility index (Phi) is 4.96. The molecule has 1 aliphatic rings. The van der Waals surface area contributed by atoms with E-state index in [2.05, 4.69) is 38.7 Å². The molecule has 7 nitrogen and oxygen atoms in total. The fourth-order valence-corrected chi connectivity index (χ4v) is 4.42. The monoisotopic (exact) mass is 436 g/mol. The number of fused-ring (bicyclic) bond motifs is 2. The molecule has 0 saturated carbocycles. The van der Waals surface area contributed by atoms with E-state index in [9.17, 15) is 0 Å². The zero-order chi connectivity index (χ0) is 22.2. The summed E-state index contributed by atoms with van der Waals surface area (Å²) < 4.78 is 7.96. The van der Waals surface area contributed by atoms with Crippen LogP contribution in [0.15, 0.2) is 66.9 Å². The second kappa shape index (κ2) is 8.26. The average Bonchev–Trinajstić information content (AvgIpc) is 3.25. The van der Waals surface area contributed by atoms with Crippen molar-refractivity contribution < 1.29 is 4.74 Å². The van der Waals surface area contributed by atoms with Crippen molar-refractivity contribution in [3.05, 3.63) is 78.2 Å². The van der Waals surface area contributed by atoms with Crippen LogP contribution in [0.2, 0.25) is 0 Å². The maximum Gasteiger partial charge on any atom is 0.197 e. The topological polar surface area (TPSA) is 77.2 Å². The molecule has 0 unspecified atom stereocenters. The number of aryl methyl sites for hydroxylation is 1. The van der Waals surface area contributed by atoms with Gasteiger partial charge in [-0.1, -0.05) is 30.3 Å². The lowest BCUT2D eigenvalue weighted by Crippen LogP contribution is -2.27. The number of benzene rings is 2. The molecular weight excluding hydrogens is 412 g/mol. The molecule has 1 N–H and O–H groups in total. The van der Waals surface area contributed by atoms with Gasteiger partial charge in [-0.25, -0.2) is 9.50 Å². The van der Waals surface area contributed by atoms with Gasteiger partial charge in [0.2, 0.25) is 0 Å². The van der Waals surface area contributed by atoms with Crippen LogP contribution < -0.4 is 10.1 Å². The lowest BCUT2D eigenvalue weighted by molar-refractivity contribution is 0.451. The van der Waals surface area contributed by atoms with Gasteiger partial charge in [-0.15, -0.1) is 0 Å². The van der Waals surface area contributed by atoms with Crippen molar-refractivity contribution in [3.8, 4) is 22.8 Å². The normalized spacial score (nSPS) is 14.7. The number of hydrogen-bond acceptors (Lipinski definition) is 6. The van der Waals surface area contributed by atoms with E-state index in [1.807, 2.05) is 55.6 Å². The number of para-hydroxylation sites is 1. The molecule has 164 valence electrons. The summed E-state index contributed by atoms with van der Waals surface area (Å²) in [5, 5.41) is 18.4. The Morgan fingerprint density at radius 1 is 0.970 bits per heavy atom. The zero-order valence-electron chi connectivity index (χ0n) is 18.4. The smallest absolute Gasteiger partial charge is 0.197 e. The van der Waals surface area contributed by atoms with E-state index < -0.39 is 0 Å². The molecule has 33 heavy (non-hydrogen) atoms. The molecule has 2 aromatic carbocycles. The lowest BCUT2D eigenvalue weighted by atomic mass is 9.93. The standard InChI is InChI=1S/C26H24N6O/c1-17-16-32-26(28-17)25(33-21-5-3-2-4-6-21)15-24(31-32)20-8-7-19-13-22(29-30-23(19)14-20)18-9-11-27-12-10-18/h2-8,13-16,18,27H,9-12H2,1H3. The molecule has 5 aromatic rings. The van der Waals surface area contributed by atoms with E-state index in [0.29, 0.717) is 17.3 Å². The van der Waals surface area contributed by atoms with Gasteiger partial charge in [0.25, 0.3) is 0 Å². The molecule has 0 bridgehead atoms. The number of piperidine rings is 1. The minimum absolute atomic E-state index is 0.481. The number of ether oxygens (including phenoxy) is 1. The van der Waals surface area contributed by atoms with Crippen LogP contribution >= 0.6 is 0 Å². The predicted molar refractivity (Wildman–Crippen MR) is 128 cm³/mol. The number of hydrogen-bond donors (Lipinski definition) is 1. The van der Waals surface area contributed by atoms with Crippen molar-refractivity contribution in [2.75, 3.05) is 13.1 Å². The molecule has 0 radical (unpaired) electrons. The second-order valence-corrected chi connectivity index (χ2v) is 8.53. The predicted octanol–water partition coefficient (Wildman–Crippen LogP) is 4.91.